The van der Waals surface area contributed by atoms with Crippen LogP contribution >= 0.6 is 0 Å². The van der Waals surface area contributed by atoms with E-state index in [1.54, 1.807) is 0 Å². The Hall–Kier alpha value is -7.43. The van der Waals surface area contributed by atoms with E-state index < -0.39 is 0 Å². The first-order valence-electron chi connectivity index (χ1n) is 18.4. The number of furan rings is 1. The van der Waals surface area contributed by atoms with E-state index >= 15 is 0 Å². The van der Waals surface area contributed by atoms with Crippen molar-refractivity contribution in [3.8, 4) is 78.4 Å². The van der Waals surface area contributed by atoms with Gasteiger partial charge in [-0.15, -0.1) is 0 Å². The lowest BCUT2D eigenvalue weighted by Gasteiger charge is -2.16. The Balaban J connectivity index is 1.22. The average molecular weight is 704 g/mol. The maximum absolute atomic E-state index is 6.23. The van der Waals surface area contributed by atoms with Gasteiger partial charge in [-0.25, -0.2) is 9.97 Å². The molecule has 4 heteroatoms. The van der Waals surface area contributed by atoms with Crippen molar-refractivity contribution in [1.82, 2.24) is 15.0 Å². The molecule has 0 spiro atoms. The summed E-state index contributed by atoms with van der Waals surface area (Å²) in [5, 5.41) is 2.19. The largest absolute Gasteiger partial charge is 0.456 e. The van der Waals surface area contributed by atoms with E-state index in [0.29, 0.717) is 5.82 Å². The van der Waals surface area contributed by atoms with Crippen LogP contribution in [0.15, 0.2) is 205 Å². The van der Waals surface area contributed by atoms with Crippen LogP contribution in [0.4, 0.5) is 0 Å². The van der Waals surface area contributed by atoms with E-state index in [0.717, 1.165) is 83.4 Å². The summed E-state index contributed by atoms with van der Waals surface area (Å²) in [5.41, 5.74) is 15.3. The Morgan fingerprint density at radius 1 is 0.309 bits per heavy atom. The molecular weight excluding hydrogens is 671 g/mol. The van der Waals surface area contributed by atoms with Crippen molar-refractivity contribution in [2.45, 2.75) is 0 Å². The Kier molecular flexibility index (Phi) is 8.12. The van der Waals surface area contributed by atoms with E-state index in [1.165, 1.54) is 11.1 Å². The third kappa shape index (κ3) is 6.16. The van der Waals surface area contributed by atoms with Crippen LogP contribution in [0.25, 0.3) is 100 Å². The Morgan fingerprint density at radius 3 is 1.62 bits per heavy atom. The maximum atomic E-state index is 6.23. The standard InChI is InChI=1S/C51H33N3O/c1-3-13-34(14-4-1)41-17-7-8-19-43(41)39-29-38(37-23-24-50-46(32-37)45-21-11-12-22-49(45)55-50)30-40(31-39)47-33-48(54-51(53-47)36-15-5-2-6-16-36)44-20-10-9-18-42(44)35-25-27-52-28-26-35/h1-33H. The van der Waals surface area contributed by atoms with E-state index in [4.69, 9.17) is 14.4 Å². The molecule has 10 rings (SSSR count). The first-order chi connectivity index (χ1) is 27.2. The number of hydrogen-bond acceptors (Lipinski definition) is 4. The van der Waals surface area contributed by atoms with Crippen LogP contribution in [-0.2, 0) is 0 Å². The van der Waals surface area contributed by atoms with E-state index in [9.17, 15) is 0 Å². The Labute approximate surface area is 319 Å². The molecule has 0 saturated heterocycles. The van der Waals surface area contributed by atoms with Crippen LogP contribution in [-0.4, -0.2) is 15.0 Å². The molecule has 10 aromatic rings. The van der Waals surface area contributed by atoms with Gasteiger partial charge in [0.1, 0.15) is 11.2 Å². The fraction of sp³-hybridized carbons (Fsp3) is 0. The molecule has 55 heavy (non-hydrogen) atoms. The molecule has 0 atom stereocenters. The second-order valence-corrected chi connectivity index (χ2v) is 13.6. The van der Waals surface area contributed by atoms with Crippen LogP contribution in [0.2, 0.25) is 0 Å². The minimum Gasteiger partial charge on any atom is -0.456 e. The van der Waals surface area contributed by atoms with Gasteiger partial charge in [0.25, 0.3) is 0 Å². The number of aromatic nitrogens is 3. The Bertz CT molecular complexity index is 2970. The highest BCUT2D eigenvalue weighted by Gasteiger charge is 2.18. The van der Waals surface area contributed by atoms with Gasteiger partial charge in [0, 0.05) is 39.9 Å². The molecule has 0 radical (unpaired) electrons. The summed E-state index contributed by atoms with van der Waals surface area (Å²) in [6.45, 7) is 0. The number of rotatable bonds is 7. The van der Waals surface area contributed by atoms with E-state index in [-0.39, 0.29) is 0 Å². The first kappa shape index (κ1) is 32.2. The molecule has 0 bridgehead atoms. The summed E-state index contributed by atoms with van der Waals surface area (Å²) < 4.78 is 6.23. The predicted molar refractivity (Wildman–Crippen MR) is 225 cm³/mol. The van der Waals surface area contributed by atoms with E-state index in [2.05, 4.69) is 151 Å². The van der Waals surface area contributed by atoms with Crippen molar-refractivity contribution in [2.75, 3.05) is 0 Å². The van der Waals surface area contributed by atoms with Crippen LogP contribution in [0.1, 0.15) is 0 Å². The highest BCUT2D eigenvalue weighted by molar-refractivity contribution is 6.06. The van der Waals surface area contributed by atoms with Gasteiger partial charge in [0.15, 0.2) is 5.82 Å². The first-order valence-corrected chi connectivity index (χ1v) is 18.4. The van der Waals surface area contributed by atoms with Gasteiger partial charge in [-0.1, -0.05) is 133 Å². The maximum Gasteiger partial charge on any atom is 0.160 e. The van der Waals surface area contributed by atoms with Gasteiger partial charge in [-0.05, 0) is 99.1 Å². The van der Waals surface area contributed by atoms with Crippen molar-refractivity contribution in [1.29, 1.82) is 0 Å². The Morgan fingerprint density at radius 2 is 0.855 bits per heavy atom. The van der Waals surface area contributed by atoms with Crippen molar-refractivity contribution in [2.24, 2.45) is 0 Å². The van der Waals surface area contributed by atoms with Gasteiger partial charge in [-0.3, -0.25) is 4.98 Å². The van der Waals surface area contributed by atoms with Crippen LogP contribution in [0, 0.1) is 0 Å². The summed E-state index contributed by atoms with van der Waals surface area (Å²) in [6.07, 6.45) is 3.66. The molecule has 0 saturated carbocycles. The molecule has 0 aliphatic carbocycles. The molecule has 3 aromatic heterocycles. The summed E-state index contributed by atoms with van der Waals surface area (Å²) in [7, 11) is 0. The summed E-state index contributed by atoms with van der Waals surface area (Å²) >= 11 is 0. The van der Waals surface area contributed by atoms with Crippen molar-refractivity contribution < 1.29 is 4.42 Å². The molecular formula is C51H33N3O. The molecule has 0 N–H and O–H groups in total. The second-order valence-electron chi connectivity index (χ2n) is 13.6. The van der Waals surface area contributed by atoms with Gasteiger partial charge in [0.05, 0.1) is 11.4 Å². The van der Waals surface area contributed by atoms with Gasteiger partial charge in [-0.2, -0.15) is 0 Å². The van der Waals surface area contributed by atoms with Crippen LogP contribution < -0.4 is 0 Å². The lowest BCUT2D eigenvalue weighted by Crippen LogP contribution is -1.98. The fourth-order valence-corrected chi connectivity index (χ4v) is 7.55. The molecule has 0 amide bonds. The topological polar surface area (TPSA) is 51.8 Å². The highest BCUT2D eigenvalue weighted by atomic mass is 16.3. The number of fused-ring (bicyclic) bond motifs is 3. The molecule has 0 aliphatic heterocycles. The minimum atomic E-state index is 0.667. The number of para-hydroxylation sites is 1. The zero-order valence-electron chi connectivity index (χ0n) is 29.8. The lowest BCUT2D eigenvalue weighted by atomic mass is 9.90. The quantitative estimate of drug-likeness (QED) is 0.166. The van der Waals surface area contributed by atoms with Crippen molar-refractivity contribution in [3.05, 3.63) is 200 Å². The molecule has 4 nitrogen and oxygen atoms in total. The zero-order valence-corrected chi connectivity index (χ0v) is 29.8. The number of pyridine rings is 1. The smallest absolute Gasteiger partial charge is 0.160 e. The second kappa shape index (κ2) is 13.8. The molecule has 7 aromatic carbocycles. The third-order valence-corrected chi connectivity index (χ3v) is 10.2. The molecule has 0 aliphatic rings. The molecule has 0 unspecified atom stereocenters. The average Bonchev–Trinajstić information content (AvgIpc) is 3.65. The molecule has 0 fully saturated rings. The number of nitrogens with zero attached hydrogens (tertiary/aromatic N) is 3. The SMILES string of the molecule is c1ccc(-c2nc(-c3cc(-c4ccc5oc6ccccc6c5c4)cc(-c4ccccc4-c4ccccc4)c3)cc(-c3ccccc3-c3ccncc3)n2)cc1. The van der Waals surface area contributed by atoms with Crippen LogP contribution in [0.3, 0.4) is 0 Å². The monoisotopic (exact) mass is 703 g/mol. The third-order valence-electron chi connectivity index (χ3n) is 10.2. The summed E-state index contributed by atoms with van der Waals surface area (Å²) in [4.78, 5) is 14.8. The summed E-state index contributed by atoms with van der Waals surface area (Å²) in [5.74, 6) is 0.667. The zero-order chi connectivity index (χ0) is 36.6. The van der Waals surface area contributed by atoms with Gasteiger partial charge >= 0.3 is 0 Å². The van der Waals surface area contributed by atoms with Crippen LogP contribution in [0.5, 0.6) is 0 Å². The predicted octanol–water partition coefficient (Wildman–Crippen LogP) is 13.4. The van der Waals surface area contributed by atoms with Gasteiger partial charge < -0.3 is 4.42 Å². The normalized spacial score (nSPS) is 11.3. The molecule has 258 valence electrons. The lowest BCUT2D eigenvalue weighted by molar-refractivity contribution is 0.669. The number of benzene rings is 7. The molecule has 3 heterocycles. The highest BCUT2D eigenvalue weighted by Crippen LogP contribution is 2.40. The van der Waals surface area contributed by atoms with Crippen molar-refractivity contribution in [3.63, 3.8) is 0 Å². The van der Waals surface area contributed by atoms with E-state index in [1.807, 2.05) is 54.9 Å². The number of hydrogen-bond donors (Lipinski definition) is 0. The minimum absolute atomic E-state index is 0.667. The van der Waals surface area contributed by atoms with Crippen molar-refractivity contribution >= 4 is 21.9 Å². The fourth-order valence-electron chi connectivity index (χ4n) is 7.55. The summed E-state index contributed by atoms with van der Waals surface area (Å²) in [6, 6.07) is 65.6. The van der Waals surface area contributed by atoms with Gasteiger partial charge in [0.2, 0.25) is 0 Å².